The van der Waals surface area contributed by atoms with E-state index in [2.05, 4.69) is 23.5 Å². The van der Waals surface area contributed by atoms with E-state index in [9.17, 15) is 0 Å². The van der Waals surface area contributed by atoms with Crippen molar-refractivity contribution < 1.29 is 0 Å². The van der Waals surface area contributed by atoms with Gasteiger partial charge in [0.05, 0.1) is 0 Å². The van der Waals surface area contributed by atoms with Crippen molar-refractivity contribution in [1.82, 2.24) is 5.32 Å². The Kier molecular flexibility index (Phi) is 5.14. The lowest BCUT2D eigenvalue weighted by Crippen LogP contribution is -2.16. The van der Waals surface area contributed by atoms with E-state index in [0.29, 0.717) is 0 Å². The molecule has 0 spiro atoms. The summed E-state index contributed by atoms with van der Waals surface area (Å²) in [7, 11) is 0. The molecule has 0 bridgehead atoms. The van der Waals surface area contributed by atoms with Gasteiger partial charge in [-0.3, -0.25) is 0 Å². The predicted molar refractivity (Wildman–Crippen MR) is 70.6 cm³/mol. The minimum absolute atomic E-state index is 0.856. The van der Waals surface area contributed by atoms with Gasteiger partial charge < -0.3 is 5.32 Å². The molecule has 0 aromatic carbocycles. The molecule has 0 atom stereocenters. The van der Waals surface area contributed by atoms with Crippen LogP contribution in [-0.2, 0) is 0 Å². The summed E-state index contributed by atoms with van der Waals surface area (Å²) in [5.74, 6) is 0. The van der Waals surface area contributed by atoms with Crippen LogP contribution >= 0.6 is 0 Å². The third kappa shape index (κ3) is 4.98. The monoisotopic (exact) mass is 219 g/mol. The highest BCUT2D eigenvalue weighted by atomic mass is 14.9. The summed E-state index contributed by atoms with van der Waals surface area (Å²) in [5, 5.41) is 3.55. The van der Waals surface area contributed by atoms with E-state index in [-0.39, 0.29) is 0 Å². The van der Waals surface area contributed by atoms with Gasteiger partial charge in [0.15, 0.2) is 0 Å². The molecule has 1 saturated carbocycles. The predicted octanol–water partition coefficient (Wildman–Crippen LogP) is 3.97. The topological polar surface area (TPSA) is 12.0 Å². The fraction of sp³-hybridized carbons (Fsp3) is 0.733. The smallest absolute Gasteiger partial charge is 0.00683 e. The first kappa shape index (κ1) is 11.9. The molecule has 1 nitrogen and oxygen atoms in total. The molecular formula is C15H25N. The molecule has 2 aliphatic rings. The average molecular weight is 219 g/mol. The van der Waals surface area contributed by atoms with Crippen molar-refractivity contribution in [3.8, 4) is 0 Å². The summed E-state index contributed by atoms with van der Waals surface area (Å²) in [4.78, 5) is 0. The van der Waals surface area contributed by atoms with Gasteiger partial charge in [0.1, 0.15) is 0 Å². The highest BCUT2D eigenvalue weighted by molar-refractivity contribution is 5.18. The maximum atomic E-state index is 3.55. The quantitative estimate of drug-likeness (QED) is 0.690. The van der Waals surface area contributed by atoms with Crippen LogP contribution in [0.15, 0.2) is 23.8 Å². The van der Waals surface area contributed by atoms with Crippen LogP contribution in [0, 0.1) is 0 Å². The second kappa shape index (κ2) is 6.90. The van der Waals surface area contributed by atoms with Gasteiger partial charge in [0.2, 0.25) is 0 Å². The third-order valence-corrected chi connectivity index (χ3v) is 3.48. The highest BCUT2D eigenvalue weighted by Gasteiger charge is 2.19. The van der Waals surface area contributed by atoms with Gasteiger partial charge >= 0.3 is 0 Å². The van der Waals surface area contributed by atoms with E-state index in [1.54, 1.807) is 5.57 Å². The zero-order valence-electron chi connectivity index (χ0n) is 10.4. The van der Waals surface area contributed by atoms with Crippen molar-refractivity contribution in [1.29, 1.82) is 0 Å². The van der Waals surface area contributed by atoms with Gasteiger partial charge in [-0.2, -0.15) is 0 Å². The Hall–Kier alpha value is -0.560. The summed E-state index contributed by atoms with van der Waals surface area (Å²) in [6, 6.07) is 0.856. The Balaban J connectivity index is 1.62. The molecule has 0 aliphatic heterocycles. The molecule has 0 amide bonds. The van der Waals surface area contributed by atoms with Crippen molar-refractivity contribution in [2.45, 2.75) is 63.8 Å². The number of hydrogen-bond acceptors (Lipinski definition) is 1. The van der Waals surface area contributed by atoms with Gasteiger partial charge in [0, 0.05) is 6.04 Å². The molecule has 0 unspecified atom stereocenters. The van der Waals surface area contributed by atoms with Gasteiger partial charge in [-0.15, -0.1) is 0 Å². The zero-order chi connectivity index (χ0) is 11.1. The van der Waals surface area contributed by atoms with Crippen LogP contribution in [0.4, 0.5) is 0 Å². The van der Waals surface area contributed by atoms with Crippen LogP contribution < -0.4 is 5.32 Å². The van der Waals surface area contributed by atoms with Crippen LogP contribution in [0.5, 0.6) is 0 Å². The zero-order valence-corrected chi connectivity index (χ0v) is 10.4. The maximum Gasteiger partial charge on any atom is 0.00683 e. The molecule has 2 rings (SSSR count). The van der Waals surface area contributed by atoms with Crippen molar-refractivity contribution in [2.24, 2.45) is 0 Å². The molecule has 2 aliphatic carbocycles. The first-order valence-electron chi connectivity index (χ1n) is 7.04. The fourth-order valence-electron chi connectivity index (χ4n) is 2.26. The highest BCUT2D eigenvalue weighted by Crippen LogP contribution is 2.19. The Bertz CT molecular complexity index is 248. The molecule has 16 heavy (non-hydrogen) atoms. The molecule has 0 heterocycles. The normalized spacial score (nSPS) is 22.9. The lowest BCUT2D eigenvalue weighted by atomic mass is 9.99. The first-order chi connectivity index (χ1) is 7.95. The summed E-state index contributed by atoms with van der Waals surface area (Å²) in [6.07, 6.45) is 19.4. The standard InChI is InChI=1S/C15H25N/c1-2-4-8-14(9-5-3-1)10-6-7-13-16-15-11-12-15/h6,8,10,15-16H,1-5,7,9,11-13H2/b10-6+,14-8?. The molecule has 0 saturated heterocycles. The largest absolute Gasteiger partial charge is 0.314 e. The third-order valence-electron chi connectivity index (χ3n) is 3.48. The van der Waals surface area contributed by atoms with E-state index < -0.39 is 0 Å². The summed E-state index contributed by atoms with van der Waals surface area (Å²) in [6.45, 7) is 1.16. The van der Waals surface area contributed by atoms with Gasteiger partial charge in [-0.05, 0) is 51.5 Å². The van der Waals surface area contributed by atoms with E-state index in [4.69, 9.17) is 0 Å². The van der Waals surface area contributed by atoms with E-state index in [1.165, 1.54) is 57.8 Å². The number of hydrogen-bond donors (Lipinski definition) is 1. The summed E-state index contributed by atoms with van der Waals surface area (Å²) >= 11 is 0. The molecule has 1 N–H and O–H groups in total. The van der Waals surface area contributed by atoms with E-state index in [0.717, 1.165) is 12.6 Å². The van der Waals surface area contributed by atoms with Gasteiger partial charge in [-0.25, -0.2) is 0 Å². The molecular weight excluding hydrogens is 194 g/mol. The first-order valence-corrected chi connectivity index (χ1v) is 7.04. The summed E-state index contributed by atoms with van der Waals surface area (Å²) < 4.78 is 0. The Morgan fingerprint density at radius 2 is 2.06 bits per heavy atom. The van der Waals surface area contributed by atoms with Crippen molar-refractivity contribution in [3.63, 3.8) is 0 Å². The number of nitrogens with one attached hydrogen (secondary N) is 1. The number of allylic oxidation sites excluding steroid dienone is 3. The average Bonchev–Trinajstić information content (AvgIpc) is 3.04. The number of rotatable bonds is 5. The van der Waals surface area contributed by atoms with E-state index in [1.807, 2.05) is 0 Å². The maximum absolute atomic E-state index is 3.55. The summed E-state index contributed by atoms with van der Waals surface area (Å²) in [5.41, 5.74) is 1.58. The van der Waals surface area contributed by atoms with Crippen LogP contribution in [0.1, 0.15) is 57.8 Å². The molecule has 90 valence electrons. The lowest BCUT2D eigenvalue weighted by molar-refractivity contribution is 0.629. The SMILES string of the molecule is C1=C(/C=C/CCNC2CC2)CCCCCC1. The van der Waals surface area contributed by atoms with Crippen LogP contribution in [0.3, 0.4) is 0 Å². The van der Waals surface area contributed by atoms with Crippen LogP contribution in [0.25, 0.3) is 0 Å². The van der Waals surface area contributed by atoms with E-state index >= 15 is 0 Å². The fourth-order valence-corrected chi connectivity index (χ4v) is 2.26. The molecule has 0 aromatic heterocycles. The van der Waals surface area contributed by atoms with Gasteiger partial charge in [-0.1, -0.05) is 36.6 Å². The van der Waals surface area contributed by atoms with Crippen LogP contribution in [0.2, 0.25) is 0 Å². The van der Waals surface area contributed by atoms with Crippen molar-refractivity contribution in [3.05, 3.63) is 23.8 Å². The molecule has 0 aromatic rings. The Morgan fingerprint density at radius 1 is 1.19 bits per heavy atom. The lowest BCUT2D eigenvalue weighted by Gasteiger charge is -2.07. The minimum atomic E-state index is 0.856. The van der Waals surface area contributed by atoms with Crippen molar-refractivity contribution in [2.75, 3.05) is 6.54 Å². The van der Waals surface area contributed by atoms with Crippen molar-refractivity contribution >= 4 is 0 Å². The van der Waals surface area contributed by atoms with Gasteiger partial charge in [0.25, 0.3) is 0 Å². The Labute approximate surface area is 100 Å². The minimum Gasteiger partial charge on any atom is -0.314 e. The van der Waals surface area contributed by atoms with Crippen LogP contribution in [-0.4, -0.2) is 12.6 Å². The second-order valence-corrected chi connectivity index (χ2v) is 5.15. The molecule has 0 radical (unpaired) electrons. The Morgan fingerprint density at radius 3 is 2.94 bits per heavy atom. The second-order valence-electron chi connectivity index (χ2n) is 5.15. The molecule has 1 fully saturated rings. The molecule has 1 heteroatoms.